The average Bonchev–Trinajstić information content (AvgIpc) is 2.35. The van der Waals surface area contributed by atoms with Crippen molar-refractivity contribution in [2.75, 3.05) is 11.4 Å². The number of para-hydroxylation sites is 1. The van der Waals surface area contributed by atoms with Gasteiger partial charge in [0.25, 0.3) is 0 Å². The van der Waals surface area contributed by atoms with Crippen LogP contribution in [0.25, 0.3) is 0 Å². The van der Waals surface area contributed by atoms with Crippen molar-refractivity contribution in [3.8, 4) is 0 Å². The van der Waals surface area contributed by atoms with Gasteiger partial charge in [-0.1, -0.05) is 38.5 Å². The van der Waals surface area contributed by atoms with Crippen LogP contribution in [0.3, 0.4) is 0 Å². The van der Waals surface area contributed by atoms with E-state index in [2.05, 4.69) is 43.0 Å². The van der Waals surface area contributed by atoms with Crippen molar-refractivity contribution in [3.05, 3.63) is 29.8 Å². The minimum atomic E-state index is 0.742. The summed E-state index contributed by atoms with van der Waals surface area (Å²) in [5, 5.41) is 0. The first-order chi connectivity index (χ1) is 7.86. The first-order valence-electron chi connectivity index (χ1n) is 6.71. The highest BCUT2D eigenvalue weighted by Gasteiger charge is 2.21. The van der Waals surface area contributed by atoms with Gasteiger partial charge in [0, 0.05) is 18.3 Å². The van der Waals surface area contributed by atoms with Crippen molar-refractivity contribution in [3.63, 3.8) is 0 Å². The molecule has 0 bridgehead atoms. The van der Waals surface area contributed by atoms with E-state index in [1.807, 2.05) is 0 Å². The highest BCUT2D eigenvalue weighted by molar-refractivity contribution is 5.56. The lowest BCUT2D eigenvalue weighted by atomic mass is 9.97. The van der Waals surface area contributed by atoms with Crippen molar-refractivity contribution in [1.29, 1.82) is 0 Å². The van der Waals surface area contributed by atoms with Crippen LogP contribution in [0, 0.1) is 0 Å². The molecule has 1 atom stereocenters. The van der Waals surface area contributed by atoms with Gasteiger partial charge in [-0.3, -0.25) is 0 Å². The third-order valence-electron chi connectivity index (χ3n) is 3.68. The Morgan fingerprint density at radius 3 is 2.81 bits per heavy atom. The standard InChI is InChI=1S/C15H23N/c1-3-8-14(4-2)16-12-7-10-13-9-5-6-11-15(13)16/h5-6,9,11,14H,3-4,7-8,10,12H2,1-2H3. The molecule has 0 saturated carbocycles. The van der Waals surface area contributed by atoms with Crippen molar-refractivity contribution >= 4 is 5.69 Å². The van der Waals surface area contributed by atoms with Crippen LogP contribution in [-0.4, -0.2) is 12.6 Å². The van der Waals surface area contributed by atoms with E-state index in [9.17, 15) is 0 Å². The SMILES string of the molecule is CCCC(CC)N1CCCc2ccccc21. The van der Waals surface area contributed by atoms with Crippen LogP contribution < -0.4 is 4.90 Å². The Bertz CT molecular complexity index is 332. The monoisotopic (exact) mass is 217 g/mol. The van der Waals surface area contributed by atoms with E-state index in [1.54, 1.807) is 5.56 Å². The summed E-state index contributed by atoms with van der Waals surface area (Å²) in [5.41, 5.74) is 3.04. The molecule has 1 aromatic rings. The summed E-state index contributed by atoms with van der Waals surface area (Å²) in [7, 11) is 0. The molecule has 16 heavy (non-hydrogen) atoms. The average molecular weight is 217 g/mol. The molecule has 1 aliphatic rings. The van der Waals surface area contributed by atoms with E-state index < -0.39 is 0 Å². The van der Waals surface area contributed by atoms with E-state index in [0.717, 1.165) is 6.04 Å². The topological polar surface area (TPSA) is 3.24 Å². The molecule has 2 rings (SSSR count). The molecule has 1 unspecified atom stereocenters. The summed E-state index contributed by atoms with van der Waals surface area (Å²) in [5.74, 6) is 0. The fraction of sp³-hybridized carbons (Fsp3) is 0.600. The summed E-state index contributed by atoms with van der Waals surface area (Å²) < 4.78 is 0. The quantitative estimate of drug-likeness (QED) is 0.736. The predicted octanol–water partition coefficient (Wildman–Crippen LogP) is 4.02. The van der Waals surface area contributed by atoms with Gasteiger partial charge in [-0.2, -0.15) is 0 Å². The molecule has 0 fully saturated rings. The Balaban J connectivity index is 2.23. The van der Waals surface area contributed by atoms with Gasteiger partial charge in [0.2, 0.25) is 0 Å². The molecule has 0 spiro atoms. The second kappa shape index (κ2) is 5.38. The van der Waals surface area contributed by atoms with Crippen molar-refractivity contribution in [1.82, 2.24) is 0 Å². The summed E-state index contributed by atoms with van der Waals surface area (Å²) in [6.07, 6.45) is 6.46. The largest absolute Gasteiger partial charge is 0.368 e. The molecule has 0 aromatic heterocycles. The van der Waals surface area contributed by atoms with E-state index in [4.69, 9.17) is 0 Å². The van der Waals surface area contributed by atoms with Crippen LogP contribution in [0.4, 0.5) is 5.69 Å². The Morgan fingerprint density at radius 1 is 1.25 bits per heavy atom. The Kier molecular flexibility index (Phi) is 3.87. The molecule has 1 heterocycles. The fourth-order valence-electron chi connectivity index (χ4n) is 2.86. The molecule has 0 N–H and O–H groups in total. The van der Waals surface area contributed by atoms with Crippen molar-refractivity contribution in [2.45, 2.75) is 52.0 Å². The first-order valence-corrected chi connectivity index (χ1v) is 6.71. The molecule has 0 aliphatic carbocycles. The number of rotatable bonds is 4. The van der Waals surface area contributed by atoms with E-state index in [-0.39, 0.29) is 0 Å². The van der Waals surface area contributed by atoms with E-state index in [0.29, 0.717) is 0 Å². The van der Waals surface area contributed by atoms with Gasteiger partial charge in [-0.15, -0.1) is 0 Å². The maximum absolute atomic E-state index is 2.64. The van der Waals surface area contributed by atoms with Crippen molar-refractivity contribution in [2.24, 2.45) is 0 Å². The lowest BCUT2D eigenvalue weighted by Gasteiger charge is -2.37. The third kappa shape index (κ3) is 2.23. The Hall–Kier alpha value is -0.980. The summed E-state index contributed by atoms with van der Waals surface area (Å²) in [4.78, 5) is 2.64. The molecule has 0 saturated heterocycles. The zero-order valence-corrected chi connectivity index (χ0v) is 10.6. The molecule has 0 radical (unpaired) electrons. The number of fused-ring (bicyclic) bond motifs is 1. The second-order valence-corrected chi connectivity index (χ2v) is 4.78. The number of hydrogen-bond acceptors (Lipinski definition) is 1. The molecule has 1 heteroatoms. The van der Waals surface area contributed by atoms with E-state index in [1.165, 1.54) is 44.3 Å². The zero-order chi connectivity index (χ0) is 11.4. The summed E-state index contributed by atoms with van der Waals surface area (Å²) in [6, 6.07) is 9.68. The van der Waals surface area contributed by atoms with Crippen LogP contribution in [0.2, 0.25) is 0 Å². The smallest absolute Gasteiger partial charge is 0.0401 e. The van der Waals surface area contributed by atoms with Gasteiger partial charge < -0.3 is 4.90 Å². The molecule has 1 aromatic carbocycles. The molecule has 1 aliphatic heterocycles. The lowest BCUT2D eigenvalue weighted by molar-refractivity contribution is 0.509. The Labute approximate surface area is 99.5 Å². The highest BCUT2D eigenvalue weighted by atomic mass is 15.2. The molecular formula is C15H23N. The summed E-state index contributed by atoms with van der Waals surface area (Å²) >= 11 is 0. The number of benzene rings is 1. The predicted molar refractivity (Wildman–Crippen MR) is 71.1 cm³/mol. The normalized spacial score (nSPS) is 17.0. The number of nitrogens with zero attached hydrogens (tertiary/aromatic N) is 1. The minimum absolute atomic E-state index is 0.742. The highest BCUT2D eigenvalue weighted by Crippen LogP contribution is 2.30. The number of hydrogen-bond donors (Lipinski definition) is 0. The number of aryl methyl sites for hydroxylation is 1. The van der Waals surface area contributed by atoms with Crippen LogP contribution in [-0.2, 0) is 6.42 Å². The summed E-state index contributed by atoms with van der Waals surface area (Å²) in [6.45, 7) is 5.85. The van der Waals surface area contributed by atoms with Crippen LogP contribution in [0.5, 0.6) is 0 Å². The maximum atomic E-state index is 2.64. The van der Waals surface area contributed by atoms with Gasteiger partial charge in [0.1, 0.15) is 0 Å². The van der Waals surface area contributed by atoms with Crippen LogP contribution in [0.15, 0.2) is 24.3 Å². The van der Waals surface area contributed by atoms with E-state index >= 15 is 0 Å². The van der Waals surface area contributed by atoms with Crippen LogP contribution in [0.1, 0.15) is 45.1 Å². The van der Waals surface area contributed by atoms with Crippen molar-refractivity contribution < 1.29 is 0 Å². The first kappa shape index (κ1) is 11.5. The fourth-order valence-corrected chi connectivity index (χ4v) is 2.86. The number of anilines is 1. The van der Waals surface area contributed by atoms with Gasteiger partial charge in [-0.05, 0) is 37.3 Å². The zero-order valence-electron chi connectivity index (χ0n) is 10.6. The molecular weight excluding hydrogens is 194 g/mol. The second-order valence-electron chi connectivity index (χ2n) is 4.78. The van der Waals surface area contributed by atoms with Crippen LogP contribution >= 0.6 is 0 Å². The van der Waals surface area contributed by atoms with Gasteiger partial charge >= 0.3 is 0 Å². The molecule has 0 amide bonds. The van der Waals surface area contributed by atoms with Gasteiger partial charge in [0.05, 0.1) is 0 Å². The lowest BCUT2D eigenvalue weighted by Crippen LogP contribution is -2.38. The Morgan fingerprint density at radius 2 is 2.06 bits per heavy atom. The molecule has 88 valence electrons. The van der Waals surface area contributed by atoms with Gasteiger partial charge in [0.15, 0.2) is 0 Å². The maximum Gasteiger partial charge on any atom is 0.0401 e. The molecule has 1 nitrogen and oxygen atoms in total. The van der Waals surface area contributed by atoms with Gasteiger partial charge in [-0.25, -0.2) is 0 Å². The third-order valence-corrected chi connectivity index (χ3v) is 3.68. The minimum Gasteiger partial charge on any atom is -0.368 e.